The fraction of sp³-hybridized carbons (Fsp3) is 0.269. The smallest absolute Gasteiger partial charge is 0.342 e. The fourth-order valence-corrected chi connectivity index (χ4v) is 4.30. The van der Waals surface area contributed by atoms with Gasteiger partial charge < -0.3 is 14.7 Å². The van der Waals surface area contributed by atoms with E-state index in [1.807, 2.05) is 20.8 Å². The molecular formula is C26H29N5O6S. The normalized spacial score (nSPS) is 11.8. The second kappa shape index (κ2) is 11.8. The van der Waals surface area contributed by atoms with Crippen molar-refractivity contribution in [1.29, 1.82) is 0 Å². The van der Waals surface area contributed by atoms with Crippen LogP contribution in [0.1, 0.15) is 31.1 Å². The first-order valence-electron chi connectivity index (χ1n) is 11.5. The van der Waals surface area contributed by atoms with Crippen molar-refractivity contribution in [2.75, 3.05) is 24.9 Å². The number of sulfonamides is 1. The molecule has 0 spiro atoms. The SMILES string of the molecule is CN(CC(C)(C)C)C(=O)COC(=O)c1cc(N=Nc2ccc(S(=O)(=O)Nc3ccccn3)cc2)ccc1O. The van der Waals surface area contributed by atoms with Gasteiger partial charge in [0, 0.05) is 19.8 Å². The highest BCUT2D eigenvalue weighted by Crippen LogP contribution is 2.26. The summed E-state index contributed by atoms with van der Waals surface area (Å²) in [6, 6.07) is 14.5. The van der Waals surface area contributed by atoms with Gasteiger partial charge in [-0.15, -0.1) is 0 Å². The number of nitrogens with one attached hydrogen (secondary N) is 1. The first-order valence-corrected chi connectivity index (χ1v) is 13.0. The molecule has 0 saturated heterocycles. The highest BCUT2D eigenvalue weighted by molar-refractivity contribution is 7.92. The van der Waals surface area contributed by atoms with Crippen LogP contribution in [-0.2, 0) is 19.6 Å². The summed E-state index contributed by atoms with van der Waals surface area (Å²) >= 11 is 0. The summed E-state index contributed by atoms with van der Waals surface area (Å²) in [5, 5.41) is 18.2. The van der Waals surface area contributed by atoms with E-state index in [2.05, 4.69) is 19.9 Å². The molecule has 1 heterocycles. The number of anilines is 1. The van der Waals surface area contributed by atoms with Crippen LogP contribution in [-0.4, -0.2) is 55.5 Å². The summed E-state index contributed by atoms with van der Waals surface area (Å²) in [6.07, 6.45) is 1.47. The summed E-state index contributed by atoms with van der Waals surface area (Å²) in [7, 11) is -2.21. The molecule has 1 aromatic heterocycles. The maximum Gasteiger partial charge on any atom is 0.342 e. The average molecular weight is 540 g/mol. The molecule has 0 bridgehead atoms. The Morgan fingerprint density at radius 2 is 1.68 bits per heavy atom. The first kappa shape index (κ1) is 28.3. The van der Waals surface area contributed by atoms with E-state index in [4.69, 9.17) is 4.74 Å². The molecule has 0 saturated carbocycles. The number of ether oxygens (including phenoxy) is 1. The Hall–Kier alpha value is -4.32. The largest absolute Gasteiger partial charge is 0.507 e. The van der Waals surface area contributed by atoms with Crippen molar-refractivity contribution >= 4 is 39.1 Å². The van der Waals surface area contributed by atoms with Crippen LogP contribution in [0.25, 0.3) is 0 Å². The number of pyridine rings is 1. The van der Waals surface area contributed by atoms with E-state index in [0.29, 0.717) is 12.2 Å². The van der Waals surface area contributed by atoms with E-state index in [0.717, 1.165) is 0 Å². The molecule has 38 heavy (non-hydrogen) atoms. The predicted molar refractivity (Wildman–Crippen MR) is 141 cm³/mol. The van der Waals surface area contributed by atoms with Gasteiger partial charge in [0.15, 0.2) is 6.61 Å². The van der Waals surface area contributed by atoms with E-state index in [9.17, 15) is 23.1 Å². The monoisotopic (exact) mass is 539 g/mol. The molecule has 0 aliphatic carbocycles. The van der Waals surface area contributed by atoms with Gasteiger partial charge in [-0.25, -0.2) is 18.2 Å². The van der Waals surface area contributed by atoms with Gasteiger partial charge >= 0.3 is 5.97 Å². The lowest BCUT2D eigenvalue weighted by Gasteiger charge is -2.26. The van der Waals surface area contributed by atoms with Crippen LogP contribution in [0.2, 0.25) is 0 Å². The number of hydrogen-bond acceptors (Lipinski definition) is 9. The second-order valence-electron chi connectivity index (χ2n) is 9.60. The zero-order valence-electron chi connectivity index (χ0n) is 21.5. The van der Waals surface area contributed by atoms with Crippen molar-refractivity contribution in [3.63, 3.8) is 0 Å². The summed E-state index contributed by atoms with van der Waals surface area (Å²) in [4.78, 5) is 30.2. The van der Waals surface area contributed by atoms with Crippen LogP contribution in [0.15, 0.2) is 82.0 Å². The number of nitrogens with zero attached hydrogens (tertiary/aromatic N) is 4. The standard InChI is InChI=1S/C26H29N5O6S/c1-26(2,3)17-31(4)24(33)16-37-25(34)21-15-19(10-13-22(21)32)29-28-18-8-11-20(12-9-18)38(35,36)30-23-7-5-6-14-27-23/h5-15,32H,16-17H2,1-4H3,(H,27,30). The van der Waals surface area contributed by atoms with Gasteiger partial charge in [0.1, 0.15) is 17.1 Å². The lowest BCUT2D eigenvalue weighted by molar-refractivity contribution is -0.134. The van der Waals surface area contributed by atoms with E-state index < -0.39 is 22.6 Å². The minimum absolute atomic E-state index is 0.0134. The third-order valence-electron chi connectivity index (χ3n) is 5.00. The van der Waals surface area contributed by atoms with E-state index >= 15 is 0 Å². The molecule has 0 aliphatic rings. The molecule has 200 valence electrons. The molecule has 0 radical (unpaired) electrons. The number of phenolic OH excluding ortho intramolecular Hbond substituents is 1. The highest BCUT2D eigenvalue weighted by atomic mass is 32.2. The molecule has 12 heteroatoms. The Morgan fingerprint density at radius 3 is 2.32 bits per heavy atom. The molecule has 0 fully saturated rings. The zero-order valence-corrected chi connectivity index (χ0v) is 22.3. The van der Waals surface area contributed by atoms with Crippen molar-refractivity contribution in [2.45, 2.75) is 25.7 Å². The van der Waals surface area contributed by atoms with Crippen LogP contribution < -0.4 is 4.72 Å². The molecule has 0 unspecified atom stereocenters. The number of phenols is 1. The quantitative estimate of drug-likeness (QED) is 0.296. The number of aromatic nitrogens is 1. The third kappa shape index (κ3) is 8.10. The van der Waals surface area contributed by atoms with Crippen LogP contribution >= 0.6 is 0 Å². The molecule has 3 rings (SSSR count). The maximum atomic E-state index is 12.5. The van der Waals surface area contributed by atoms with Crippen molar-refractivity contribution in [1.82, 2.24) is 9.88 Å². The second-order valence-corrected chi connectivity index (χ2v) is 11.3. The Labute approximate surface area is 221 Å². The van der Waals surface area contributed by atoms with Gasteiger partial charge in [-0.2, -0.15) is 10.2 Å². The van der Waals surface area contributed by atoms with Gasteiger partial charge in [-0.1, -0.05) is 26.8 Å². The summed E-state index contributed by atoms with van der Waals surface area (Å²) in [5.74, 6) is -1.39. The Bertz CT molecular complexity index is 1420. The van der Waals surface area contributed by atoms with Crippen LogP contribution in [0.3, 0.4) is 0 Å². The molecule has 1 amide bonds. The Morgan fingerprint density at radius 1 is 1.03 bits per heavy atom. The van der Waals surface area contributed by atoms with Crippen LogP contribution in [0.4, 0.5) is 17.2 Å². The van der Waals surface area contributed by atoms with Crippen molar-refractivity contribution < 1.29 is 27.9 Å². The van der Waals surface area contributed by atoms with Crippen LogP contribution in [0.5, 0.6) is 5.75 Å². The predicted octanol–water partition coefficient (Wildman–Crippen LogP) is 4.66. The number of carbonyl (C=O) groups excluding carboxylic acids is 2. The number of carbonyl (C=O) groups is 2. The van der Waals surface area contributed by atoms with Gasteiger partial charge in [-0.05, 0) is 60.0 Å². The molecule has 3 aromatic rings. The van der Waals surface area contributed by atoms with Crippen molar-refractivity contribution in [2.24, 2.45) is 15.6 Å². The summed E-state index contributed by atoms with van der Waals surface area (Å²) in [6.45, 7) is 5.97. The average Bonchev–Trinajstić information content (AvgIpc) is 2.86. The highest BCUT2D eigenvalue weighted by Gasteiger charge is 2.20. The molecule has 2 aromatic carbocycles. The fourth-order valence-electron chi connectivity index (χ4n) is 3.29. The Balaban J connectivity index is 1.65. The molecular weight excluding hydrogens is 510 g/mol. The van der Waals surface area contributed by atoms with Crippen molar-refractivity contribution in [3.05, 3.63) is 72.4 Å². The molecule has 0 aliphatic heterocycles. The topological polar surface area (TPSA) is 151 Å². The number of amides is 1. The number of benzene rings is 2. The summed E-state index contributed by atoms with van der Waals surface area (Å²) in [5.41, 5.74) is 0.303. The number of likely N-dealkylation sites (N-methyl/N-ethyl adjacent to an activating group) is 1. The molecule has 11 nitrogen and oxygen atoms in total. The number of aromatic hydroxyl groups is 1. The molecule has 0 atom stereocenters. The number of hydrogen-bond donors (Lipinski definition) is 2. The zero-order chi connectivity index (χ0) is 27.9. The first-order chi connectivity index (χ1) is 17.8. The van der Waals surface area contributed by atoms with Gasteiger partial charge in [-0.3, -0.25) is 9.52 Å². The van der Waals surface area contributed by atoms with Crippen molar-refractivity contribution in [3.8, 4) is 5.75 Å². The van der Waals surface area contributed by atoms with E-state index in [1.165, 1.54) is 59.6 Å². The third-order valence-corrected chi connectivity index (χ3v) is 6.37. The Kier molecular flexibility index (Phi) is 8.79. The number of azo groups is 1. The number of esters is 1. The maximum absolute atomic E-state index is 12.5. The van der Waals surface area contributed by atoms with E-state index in [-0.39, 0.29) is 39.0 Å². The van der Waals surface area contributed by atoms with Gasteiger partial charge in [0.25, 0.3) is 15.9 Å². The lowest BCUT2D eigenvalue weighted by atomic mass is 9.96. The molecule has 2 N–H and O–H groups in total. The van der Waals surface area contributed by atoms with E-state index in [1.54, 1.807) is 19.2 Å². The minimum atomic E-state index is -3.83. The van der Waals surface area contributed by atoms with Gasteiger partial charge in [0.05, 0.1) is 16.3 Å². The van der Waals surface area contributed by atoms with Gasteiger partial charge in [0.2, 0.25) is 0 Å². The summed E-state index contributed by atoms with van der Waals surface area (Å²) < 4.78 is 32.5. The van der Waals surface area contributed by atoms with Crippen LogP contribution in [0, 0.1) is 5.41 Å². The lowest BCUT2D eigenvalue weighted by Crippen LogP contribution is -2.37. The minimum Gasteiger partial charge on any atom is -0.507 e. The number of rotatable bonds is 9.